The first-order chi connectivity index (χ1) is 9.94. The third-order valence-corrected chi connectivity index (χ3v) is 2.82. The molecule has 0 N–H and O–H groups in total. The standard InChI is InChI=1S/C12H11ClF3N3O2/c1-20-7-11-10(6-13)17-18-19(11)8-2-4-9(5-3-8)21-12(14,15)16/h2-5H,6-7H2,1H3. The molecule has 9 heteroatoms. The molecule has 0 bridgehead atoms. The van der Waals surface area contributed by atoms with Crippen molar-refractivity contribution in [3.63, 3.8) is 0 Å². The normalized spacial score (nSPS) is 11.7. The van der Waals surface area contributed by atoms with Crippen LogP contribution < -0.4 is 4.74 Å². The highest BCUT2D eigenvalue weighted by atomic mass is 35.5. The fourth-order valence-corrected chi connectivity index (χ4v) is 1.92. The zero-order valence-electron chi connectivity index (χ0n) is 10.9. The minimum atomic E-state index is -4.72. The molecule has 0 radical (unpaired) electrons. The topological polar surface area (TPSA) is 49.2 Å². The summed E-state index contributed by atoms with van der Waals surface area (Å²) in [5.74, 6) is -0.147. The molecule has 2 rings (SSSR count). The van der Waals surface area contributed by atoms with Crippen molar-refractivity contribution in [2.24, 2.45) is 0 Å². The Hall–Kier alpha value is -1.80. The van der Waals surface area contributed by atoms with E-state index >= 15 is 0 Å². The SMILES string of the molecule is COCc1c(CCl)nnn1-c1ccc(OC(F)(F)F)cc1. The predicted molar refractivity (Wildman–Crippen MR) is 68.3 cm³/mol. The number of hydrogen-bond acceptors (Lipinski definition) is 4. The Labute approximate surface area is 123 Å². The molecule has 0 atom stereocenters. The number of alkyl halides is 4. The lowest BCUT2D eigenvalue weighted by molar-refractivity contribution is -0.274. The summed E-state index contributed by atoms with van der Waals surface area (Å²) in [7, 11) is 1.51. The summed E-state index contributed by atoms with van der Waals surface area (Å²) >= 11 is 5.75. The van der Waals surface area contributed by atoms with Crippen LogP contribution in [0.15, 0.2) is 24.3 Å². The van der Waals surface area contributed by atoms with E-state index in [0.29, 0.717) is 17.1 Å². The fraction of sp³-hybridized carbons (Fsp3) is 0.333. The second-order valence-electron chi connectivity index (χ2n) is 4.00. The molecule has 0 amide bonds. The highest BCUT2D eigenvalue weighted by Gasteiger charge is 2.31. The van der Waals surface area contributed by atoms with Crippen molar-refractivity contribution in [3.05, 3.63) is 35.7 Å². The van der Waals surface area contributed by atoms with Crippen LogP contribution >= 0.6 is 11.6 Å². The van der Waals surface area contributed by atoms with Crippen molar-refractivity contribution < 1.29 is 22.6 Å². The number of halogens is 4. The molecule has 5 nitrogen and oxygen atoms in total. The second kappa shape index (κ2) is 6.31. The Balaban J connectivity index is 2.28. The average Bonchev–Trinajstić information content (AvgIpc) is 2.81. The summed E-state index contributed by atoms with van der Waals surface area (Å²) in [6.07, 6.45) is -4.72. The molecule has 0 saturated carbocycles. The van der Waals surface area contributed by atoms with E-state index in [9.17, 15) is 13.2 Å². The number of hydrogen-bond donors (Lipinski definition) is 0. The Morgan fingerprint density at radius 2 is 1.90 bits per heavy atom. The van der Waals surface area contributed by atoms with Gasteiger partial charge >= 0.3 is 6.36 Å². The van der Waals surface area contributed by atoms with E-state index in [0.717, 1.165) is 0 Å². The largest absolute Gasteiger partial charge is 0.573 e. The van der Waals surface area contributed by atoms with Gasteiger partial charge < -0.3 is 9.47 Å². The number of rotatable bonds is 5. The van der Waals surface area contributed by atoms with Crippen molar-refractivity contribution in [3.8, 4) is 11.4 Å². The quantitative estimate of drug-likeness (QED) is 0.794. The Morgan fingerprint density at radius 3 is 2.43 bits per heavy atom. The molecule has 0 aliphatic heterocycles. The molecular formula is C12H11ClF3N3O2. The van der Waals surface area contributed by atoms with Crippen molar-refractivity contribution in [1.82, 2.24) is 15.0 Å². The number of aromatic nitrogens is 3. The first kappa shape index (κ1) is 15.6. The molecule has 1 aromatic carbocycles. The molecule has 0 unspecified atom stereocenters. The van der Waals surface area contributed by atoms with Gasteiger partial charge in [-0.05, 0) is 24.3 Å². The van der Waals surface area contributed by atoms with E-state index in [2.05, 4.69) is 15.0 Å². The van der Waals surface area contributed by atoms with Crippen LogP contribution in [-0.4, -0.2) is 28.5 Å². The van der Waals surface area contributed by atoms with E-state index in [1.165, 1.54) is 36.1 Å². The summed E-state index contributed by atoms with van der Waals surface area (Å²) in [4.78, 5) is 0. The van der Waals surface area contributed by atoms with Crippen LogP contribution in [0.4, 0.5) is 13.2 Å². The summed E-state index contributed by atoms with van der Waals surface area (Å²) in [6.45, 7) is 0.232. The number of methoxy groups -OCH3 is 1. The van der Waals surface area contributed by atoms with Crippen LogP contribution in [0.25, 0.3) is 5.69 Å². The first-order valence-corrected chi connectivity index (χ1v) is 6.32. The smallest absolute Gasteiger partial charge is 0.406 e. The molecule has 0 aliphatic rings. The van der Waals surface area contributed by atoms with Gasteiger partial charge in [0.1, 0.15) is 11.4 Å². The van der Waals surface area contributed by atoms with Gasteiger partial charge in [-0.2, -0.15) is 0 Å². The molecule has 1 heterocycles. The van der Waals surface area contributed by atoms with Gasteiger partial charge in [-0.25, -0.2) is 4.68 Å². The minimum Gasteiger partial charge on any atom is -0.406 e. The van der Waals surface area contributed by atoms with Crippen molar-refractivity contribution in [2.45, 2.75) is 18.8 Å². The number of ether oxygens (including phenoxy) is 2. The van der Waals surface area contributed by atoms with E-state index < -0.39 is 6.36 Å². The van der Waals surface area contributed by atoms with Gasteiger partial charge in [0.15, 0.2) is 0 Å². The maximum absolute atomic E-state index is 12.1. The summed E-state index contributed by atoms with van der Waals surface area (Å²) < 4.78 is 46.6. The Bertz CT molecular complexity index is 599. The molecule has 2 aromatic rings. The van der Waals surface area contributed by atoms with Crippen LogP contribution in [0.3, 0.4) is 0 Å². The third kappa shape index (κ3) is 3.85. The fourth-order valence-electron chi connectivity index (χ4n) is 1.71. The van der Waals surface area contributed by atoms with Crippen molar-refractivity contribution in [2.75, 3.05) is 7.11 Å². The maximum atomic E-state index is 12.1. The zero-order valence-corrected chi connectivity index (χ0v) is 11.6. The van der Waals surface area contributed by atoms with Gasteiger partial charge in [-0.1, -0.05) is 5.21 Å². The van der Waals surface area contributed by atoms with Gasteiger partial charge in [0.05, 0.1) is 23.9 Å². The van der Waals surface area contributed by atoms with Gasteiger partial charge in [0.2, 0.25) is 0 Å². The second-order valence-corrected chi connectivity index (χ2v) is 4.27. The van der Waals surface area contributed by atoms with Crippen LogP contribution in [0.5, 0.6) is 5.75 Å². The summed E-state index contributed by atoms with van der Waals surface area (Å²) in [5, 5.41) is 7.82. The average molecular weight is 322 g/mol. The molecule has 0 fully saturated rings. The molecular weight excluding hydrogens is 311 g/mol. The maximum Gasteiger partial charge on any atom is 0.573 e. The van der Waals surface area contributed by atoms with Crippen LogP contribution in [-0.2, 0) is 17.2 Å². The van der Waals surface area contributed by atoms with Gasteiger partial charge in [0.25, 0.3) is 0 Å². The molecule has 0 spiro atoms. The molecule has 114 valence electrons. The molecule has 1 aromatic heterocycles. The number of benzene rings is 1. The lowest BCUT2D eigenvalue weighted by Crippen LogP contribution is -2.17. The van der Waals surface area contributed by atoms with Gasteiger partial charge in [0, 0.05) is 7.11 Å². The zero-order chi connectivity index (χ0) is 15.5. The summed E-state index contributed by atoms with van der Waals surface area (Å²) in [6, 6.07) is 5.27. The van der Waals surface area contributed by atoms with Crippen LogP contribution in [0, 0.1) is 0 Å². The predicted octanol–water partition coefficient (Wildman–Crippen LogP) is 3.05. The van der Waals surface area contributed by atoms with Crippen LogP contribution in [0.2, 0.25) is 0 Å². The first-order valence-electron chi connectivity index (χ1n) is 5.79. The van der Waals surface area contributed by atoms with Crippen molar-refractivity contribution in [1.29, 1.82) is 0 Å². The monoisotopic (exact) mass is 321 g/mol. The van der Waals surface area contributed by atoms with Gasteiger partial charge in [-0.15, -0.1) is 29.9 Å². The highest BCUT2D eigenvalue weighted by Crippen LogP contribution is 2.24. The highest BCUT2D eigenvalue weighted by molar-refractivity contribution is 6.16. The molecule has 0 aliphatic carbocycles. The van der Waals surface area contributed by atoms with Crippen molar-refractivity contribution >= 4 is 11.6 Å². The lowest BCUT2D eigenvalue weighted by atomic mass is 10.3. The third-order valence-electron chi connectivity index (χ3n) is 2.57. The van der Waals surface area contributed by atoms with E-state index in [-0.39, 0.29) is 18.2 Å². The van der Waals surface area contributed by atoms with E-state index in [1.807, 2.05) is 0 Å². The Morgan fingerprint density at radius 1 is 1.24 bits per heavy atom. The number of nitrogens with zero attached hydrogens (tertiary/aromatic N) is 3. The van der Waals surface area contributed by atoms with Gasteiger partial charge in [-0.3, -0.25) is 0 Å². The molecule has 21 heavy (non-hydrogen) atoms. The summed E-state index contributed by atoms with van der Waals surface area (Å²) in [5.41, 5.74) is 1.71. The van der Waals surface area contributed by atoms with E-state index in [1.54, 1.807) is 0 Å². The van der Waals surface area contributed by atoms with E-state index in [4.69, 9.17) is 16.3 Å². The minimum absolute atomic E-state index is 0.161. The molecule has 0 saturated heterocycles. The van der Waals surface area contributed by atoms with Crippen LogP contribution in [0.1, 0.15) is 11.4 Å². The lowest BCUT2D eigenvalue weighted by Gasteiger charge is -2.10. The Kier molecular flexibility index (Phi) is 4.69.